The number of hydrogen-bond donors (Lipinski definition) is 1. The zero-order valence-corrected chi connectivity index (χ0v) is 20.2. The van der Waals surface area contributed by atoms with Crippen LogP contribution in [0.1, 0.15) is 62.5 Å². The SMILES string of the molecule is COc1ccc(Br)c(C(=O)Nc2cc(C(C)(C)C)nn2C2=NC(=O)C3CCCCC3=N2)c1. The van der Waals surface area contributed by atoms with Gasteiger partial charge in [0.2, 0.25) is 0 Å². The third-order valence-corrected chi connectivity index (χ3v) is 6.35. The van der Waals surface area contributed by atoms with Gasteiger partial charge < -0.3 is 10.1 Å². The molecule has 1 aliphatic carbocycles. The fourth-order valence-electron chi connectivity index (χ4n) is 3.80. The molecule has 168 valence electrons. The highest BCUT2D eigenvalue weighted by Crippen LogP contribution is 2.29. The lowest BCUT2D eigenvalue weighted by atomic mass is 9.86. The first kappa shape index (κ1) is 22.4. The first-order chi connectivity index (χ1) is 15.2. The lowest BCUT2D eigenvalue weighted by Gasteiger charge is -2.24. The van der Waals surface area contributed by atoms with Crippen LogP contribution in [0.15, 0.2) is 38.7 Å². The van der Waals surface area contributed by atoms with Crippen molar-refractivity contribution in [3.05, 3.63) is 40.0 Å². The largest absolute Gasteiger partial charge is 0.497 e. The minimum absolute atomic E-state index is 0.190. The molecular weight excluding hydrogens is 474 g/mol. The number of nitrogens with zero attached hydrogens (tertiary/aromatic N) is 4. The molecule has 8 nitrogen and oxygen atoms in total. The van der Waals surface area contributed by atoms with E-state index >= 15 is 0 Å². The second-order valence-electron chi connectivity index (χ2n) is 9.03. The number of rotatable bonds is 3. The molecule has 1 aromatic heterocycles. The highest BCUT2D eigenvalue weighted by Gasteiger charge is 2.33. The molecule has 0 radical (unpaired) electrons. The second kappa shape index (κ2) is 8.61. The van der Waals surface area contributed by atoms with Crippen LogP contribution < -0.4 is 10.1 Å². The van der Waals surface area contributed by atoms with E-state index in [9.17, 15) is 9.59 Å². The van der Waals surface area contributed by atoms with Gasteiger partial charge in [-0.3, -0.25) is 9.59 Å². The van der Waals surface area contributed by atoms with Crippen LogP contribution >= 0.6 is 15.9 Å². The molecule has 1 atom stereocenters. The third-order valence-electron chi connectivity index (χ3n) is 5.66. The molecule has 2 aromatic rings. The number of carbonyl (C=O) groups is 2. The minimum Gasteiger partial charge on any atom is -0.497 e. The molecule has 1 aliphatic heterocycles. The summed E-state index contributed by atoms with van der Waals surface area (Å²) < 4.78 is 7.34. The number of anilines is 1. The highest BCUT2D eigenvalue weighted by molar-refractivity contribution is 9.10. The zero-order valence-electron chi connectivity index (χ0n) is 18.6. The Morgan fingerprint density at radius 2 is 2.00 bits per heavy atom. The second-order valence-corrected chi connectivity index (χ2v) is 9.88. The van der Waals surface area contributed by atoms with Crippen LogP contribution in [0.3, 0.4) is 0 Å². The van der Waals surface area contributed by atoms with Crippen molar-refractivity contribution in [2.24, 2.45) is 15.9 Å². The van der Waals surface area contributed by atoms with Gasteiger partial charge in [0, 0.05) is 21.7 Å². The molecule has 2 heterocycles. The predicted molar refractivity (Wildman–Crippen MR) is 127 cm³/mol. The van der Waals surface area contributed by atoms with Crippen molar-refractivity contribution in [1.29, 1.82) is 0 Å². The van der Waals surface area contributed by atoms with E-state index in [1.165, 1.54) is 4.68 Å². The number of aliphatic imine (C=N–C) groups is 2. The van der Waals surface area contributed by atoms with E-state index in [0.717, 1.165) is 37.1 Å². The van der Waals surface area contributed by atoms with Gasteiger partial charge in [-0.2, -0.15) is 14.8 Å². The number of carbonyl (C=O) groups excluding carboxylic acids is 2. The summed E-state index contributed by atoms with van der Waals surface area (Å²) in [5, 5.41) is 7.57. The molecule has 1 saturated carbocycles. The zero-order chi connectivity index (χ0) is 23.0. The first-order valence-corrected chi connectivity index (χ1v) is 11.4. The maximum absolute atomic E-state index is 13.1. The van der Waals surface area contributed by atoms with Crippen molar-refractivity contribution in [3.8, 4) is 5.75 Å². The number of ether oxygens (including phenoxy) is 1. The lowest BCUT2D eigenvalue weighted by Crippen LogP contribution is -2.34. The fraction of sp³-hybridized carbons (Fsp3) is 0.435. The number of aromatic nitrogens is 2. The van der Waals surface area contributed by atoms with Crippen LogP contribution in [0, 0.1) is 5.92 Å². The molecular formula is C23H26BrN5O3. The highest BCUT2D eigenvalue weighted by atomic mass is 79.9. The molecule has 1 N–H and O–H groups in total. The molecule has 2 amide bonds. The van der Waals surface area contributed by atoms with Crippen LogP contribution in [-0.4, -0.2) is 40.4 Å². The van der Waals surface area contributed by atoms with E-state index in [0.29, 0.717) is 21.6 Å². The minimum atomic E-state index is -0.344. The van der Waals surface area contributed by atoms with Crippen molar-refractivity contribution < 1.29 is 14.3 Å². The van der Waals surface area contributed by atoms with Crippen LogP contribution in [0.2, 0.25) is 0 Å². The molecule has 2 aliphatic rings. The number of halogens is 1. The van der Waals surface area contributed by atoms with Crippen LogP contribution in [0.5, 0.6) is 5.75 Å². The molecule has 4 rings (SSSR count). The summed E-state index contributed by atoms with van der Waals surface area (Å²) in [6.07, 6.45) is 3.58. The van der Waals surface area contributed by atoms with E-state index in [4.69, 9.17) is 4.74 Å². The molecule has 1 aromatic carbocycles. The summed E-state index contributed by atoms with van der Waals surface area (Å²) in [6.45, 7) is 6.09. The van der Waals surface area contributed by atoms with Gasteiger partial charge in [0.1, 0.15) is 11.6 Å². The standard InChI is InChI=1S/C23H26BrN5O3/c1-23(2,3)18-12-19(26-21(31)15-11-13(32-4)9-10-16(15)24)29(28-18)22-25-17-8-6-5-7-14(17)20(30)27-22/h9-12,14H,5-8H2,1-4H3,(H,26,31). The van der Waals surface area contributed by atoms with E-state index in [-0.39, 0.29) is 29.1 Å². The summed E-state index contributed by atoms with van der Waals surface area (Å²) in [6, 6.07) is 6.97. The van der Waals surface area contributed by atoms with Gasteiger partial charge >= 0.3 is 0 Å². The van der Waals surface area contributed by atoms with Crippen molar-refractivity contribution in [2.75, 3.05) is 12.4 Å². The van der Waals surface area contributed by atoms with E-state index in [1.54, 1.807) is 31.4 Å². The van der Waals surface area contributed by atoms with Crippen LogP contribution in [-0.2, 0) is 10.2 Å². The Hall–Kier alpha value is -2.81. The quantitative estimate of drug-likeness (QED) is 0.667. The van der Waals surface area contributed by atoms with Crippen LogP contribution in [0.4, 0.5) is 5.82 Å². The Bertz CT molecular complexity index is 1140. The predicted octanol–water partition coefficient (Wildman–Crippen LogP) is 4.58. The Balaban J connectivity index is 1.73. The Morgan fingerprint density at radius 3 is 2.72 bits per heavy atom. The molecule has 0 saturated heterocycles. The van der Waals surface area contributed by atoms with Gasteiger partial charge in [-0.1, -0.05) is 27.2 Å². The average Bonchev–Trinajstić information content (AvgIpc) is 3.18. The maximum Gasteiger partial charge on any atom is 0.258 e. The van der Waals surface area contributed by atoms with E-state index < -0.39 is 0 Å². The smallest absolute Gasteiger partial charge is 0.258 e. The van der Waals surface area contributed by atoms with Crippen molar-refractivity contribution in [3.63, 3.8) is 0 Å². The Morgan fingerprint density at radius 1 is 1.22 bits per heavy atom. The first-order valence-electron chi connectivity index (χ1n) is 10.6. The summed E-state index contributed by atoms with van der Waals surface area (Å²) in [5.74, 6) is 0.405. The third kappa shape index (κ3) is 4.39. The number of hydrogen-bond acceptors (Lipinski definition) is 5. The summed E-state index contributed by atoms with van der Waals surface area (Å²) in [7, 11) is 1.55. The summed E-state index contributed by atoms with van der Waals surface area (Å²) in [5.41, 5.74) is 1.74. The van der Waals surface area contributed by atoms with Gasteiger partial charge in [0.15, 0.2) is 0 Å². The van der Waals surface area contributed by atoms with Gasteiger partial charge in [-0.25, -0.2) is 4.99 Å². The monoisotopic (exact) mass is 499 g/mol. The van der Waals surface area contributed by atoms with Crippen molar-refractivity contribution in [1.82, 2.24) is 9.78 Å². The van der Waals surface area contributed by atoms with Gasteiger partial charge in [-0.05, 0) is 53.4 Å². The average molecular weight is 500 g/mol. The van der Waals surface area contributed by atoms with Crippen molar-refractivity contribution >= 4 is 45.2 Å². The van der Waals surface area contributed by atoms with E-state index in [2.05, 4.69) is 36.3 Å². The fourth-order valence-corrected chi connectivity index (χ4v) is 4.22. The summed E-state index contributed by atoms with van der Waals surface area (Å²) in [4.78, 5) is 34.7. The molecule has 1 unspecified atom stereocenters. The molecule has 32 heavy (non-hydrogen) atoms. The molecule has 1 fully saturated rings. The normalized spacial score (nSPS) is 18.5. The van der Waals surface area contributed by atoms with Gasteiger partial charge in [-0.15, -0.1) is 0 Å². The Labute approximate surface area is 195 Å². The number of methoxy groups -OCH3 is 1. The number of amides is 2. The Kier molecular flexibility index (Phi) is 6.03. The number of benzene rings is 1. The summed E-state index contributed by atoms with van der Waals surface area (Å²) >= 11 is 3.42. The molecule has 9 heteroatoms. The number of fused-ring (bicyclic) bond motifs is 1. The van der Waals surface area contributed by atoms with Crippen LogP contribution in [0.25, 0.3) is 0 Å². The molecule has 0 bridgehead atoms. The van der Waals surface area contributed by atoms with E-state index in [1.807, 2.05) is 20.8 Å². The molecule has 0 spiro atoms. The van der Waals surface area contributed by atoms with Gasteiger partial charge in [0.25, 0.3) is 17.8 Å². The number of nitrogens with one attached hydrogen (secondary N) is 1. The lowest BCUT2D eigenvalue weighted by molar-refractivity contribution is -0.120. The maximum atomic E-state index is 13.1. The van der Waals surface area contributed by atoms with Crippen molar-refractivity contribution in [2.45, 2.75) is 51.9 Å². The topological polar surface area (TPSA) is 97.9 Å². The van der Waals surface area contributed by atoms with Gasteiger partial charge in [0.05, 0.1) is 24.3 Å².